The lowest BCUT2D eigenvalue weighted by molar-refractivity contribution is 0.111. The summed E-state index contributed by atoms with van der Waals surface area (Å²) in [5, 5.41) is 4.39. The number of benzene rings is 1. The first kappa shape index (κ1) is 17.1. The number of aliphatic imine (C=N–C) groups is 1. The molecule has 0 aliphatic carbocycles. The van der Waals surface area contributed by atoms with Crippen LogP contribution in [0.15, 0.2) is 47.7 Å². The van der Waals surface area contributed by atoms with Gasteiger partial charge in [-0.15, -0.1) is 0 Å². The molecule has 1 aromatic carbocycles. The van der Waals surface area contributed by atoms with Crippen molar-refractivity contribution in [3.63, 3.8) is 0 Å². The standard InChI is InChI=1S/C21H20N4O2/c1-14(2)25-19(7-9-24-25)21-16(4-3-8-23-21)13-27-20-6-5-15-10-22-11-17(15)18(20)12-26/h3-10,12,14H,11,13H2,1-2H3. The molecule has 3 heterocycles. The summed E-state index contributed by atoms with van der Waals surface area (Å²) in [6.45, 7) is 5.00. The Morgan fingerprint density at radius 3 is 2.93 bits per heavy atom. The molecular formula is C21H20N4O2. The molecule has 0 atom stereocenters. The molecule has 136 valence electrons. The summed E-state index contributed by atoms with van der Waals surface area (Å²) in [5.41, 5.74) is 5.19. The molecule has 0 N–H and O–H groups in total. The van der Waals surface area contributed by atoms with Gasteiger partial charge in [0.2, 0.25) is 0 Å². The molecule has 0 bridgehead atoms. The molecule has 1 aliphatic heterocycles. The van der Waals surface area contributed by atoms with E-state index in [9.17, 15) is 4.79 Å². The van der Waals surface area contributed by atoms with Crippen LogP contribution in [0.1, 0.15) is 46.9 Å². The van der Waals surface area contributed by atoms with Gasteiger partial charge in [-0.3, -0.25) is 19.5 Å². The number of rotatable bonds is 6. The van der Waals surface area contributed by atoms with Crippen molar-refractivity contribution in [2.24, 2.45) is 4.99 Å². The van der Waals surface area contributed by atoms with Crippen LogP contribution >= 0.6 is 0 Å². The van der Waals surface area contributed by atoms with Crippen LogP contribution in [0.4, 0.5) is 0 Å². The minimum atomic E-state index is 0.226. The molecule has 0 unspecified atom stereocenters. The van der Waals surface area contributed by atoms with Crippen LogP contribution in [0.3, 0.4) is 0 Å². The van der Waals surface area contributed by atoms with Crippen molar-refractivity contribution in [1.29, 1.82) is 0 Å². The smallest absolute Gasteiger partial charge is 0.154 e. The summed E-state index contributed by atoms with van der Waals surface area (Å²) in [5.74, 6) is 0.571. The number of fused-ring (bicyclic) bond motifs is 1. The van der Waals surface area contributed by atoms with Crippen LogP contribution in [0.2, 0.25) is 0 Å². The highest BCUT2D eigenvalue weighted by Gasteiger charge is 2.17. The molecule has 6 nitrogen and oxygen atoms in total. The maximum atomic E-state index is 11.6. The van der Waals surface area contributed by atoms with Crippen molar-refractivity contribution < 1.29 is 9.53 Å². The average Bonchev–Trinajstić information content (AvgIpc) is 3.35. The lowest BCUT2D eigenvalue weighted by Gasteiger charge is -2.15. The monoisotopic (exact) mass is 360 g/mol. The van der Waals surface area contributed by atoms with Crippen LogP contribution in [0.25, 0.3) is 11.4 Å². The van der Waals surface area contributed by atoms with Crippen LogP contribution in [-0.4, -0.2) is 27.3 Å². The van der Waals surface area contributed by atoms with Gasteiger partial charge in [-0.05, 0) is 49.2 Å². The van der Waals surface area contributed by atoms with Crippen LogP contribution in [0.5, 0.6) is 5.75 Å². The fraction of sp³-hybridized carbons (Fsp3) is 0.238. The van der Waals surface area contributed by atoms with E-state index in [0.717, 1.165) is 34.4 Å². The molecule has 0 fully saturated rings. The molecule has 6 heteroatoms. The number of aromatic nitrogens is 3. The fourth-order valence-electron chi connectivity index (χ4n) is 3.30. The minimum absolute atomic E-state index is 0.226. The summed E-state index contributed by atoms with van der Waals surface area (Å²) in [4.78, 5) is 20.4. The van der Waals surface area contributed by atoms with Crippen LogP contribution in [-0.2, 0) is 13.2 Å². The fourth-order valence-corrected chi connectivity index (χ4v) is 3.30. The van der Waals surface area contributed by atoms with E-state index < -0.39 is 0 Å². The van der Waals surface area contributed by atoms with E-state index in [2.05, 4.69) is 28.9 Å². The number of ether oxygens (including phenoxy) is 1. The molecule has 0 spiro atoms. The number of carbonyl (C=O) groups excluding carboxylic acids is 1. The van der Waals surface area contributed by atoms with Gasteiger partial charge < -0.3 is 4.74 Å². The normalized spacial score (nSPS) is 12.4. The zero-order chi connectivity index (χ0) is 18.8. The molecule has 27 heavy (non-hydrogen) atoms. The Kier molecular flexibility index (Phi) is 4.54. The lowest BCUT2D eigenvalue weighted by atomic mass is 10.0. The Morgan fingerprint density at radius 1 is 1.22 bits per heavy atom. The van der Waals surface area contributed by atoms with Gasteiger partial charge in [0, 0.05) is 30.2 Å². The van der Waals surface area contributed by atoms with Gasteiger partial charge in [0.1, 0.15) is 12.4 Å². The first-order chi connectivity index (χ1) is 13.2. The predicted molar refractivity (Wildman–Crippen MR) is 103 cm³/mol. The first-order valence-corrected chi connectivity index (χ1v) is 8.90. The zero-order valence-electron chi connectivity index (χ0n) is 15.3. The van der Waals surface area contributed by atoms with E-state index in [0.29, 0.717) is 24.5 Å². The molecule has 3 aromatic rings. The zero-order valence-corrected chi connectivity index (χ0v) is 15.3. The summed E-state index contributed by atoms with van der Waals surface area (Å²) in [6, 6.07) is 9.81. The molecule has 0 amide bonds. The van der Waals surface area contributed by atoms with Gasteiger partial charge in [-0.2, -0.15) is 5.10 Å². The van der Waals surface area contributed by atoms with E-state index in [4.69, 9.17) is 4.74 Å². The van der Waals surface area contributed by atoms with Gasteiger partial charge in [0.05, 0.1) is 23.5 Å². The molecule has 4 rings (SSSR count). The third kappa shape index (κ3) is 3.14. The number of carbonyl (C=O) groups is 1. The second-order valence-corrected chi connectivity index (χ2v) is 6.69. The average molecular weight is 360 g/mol. The maximum absolute atomic E-state index is 11.6. The lowest BCUT2D eigenvalue weighted by Crippen LogP contribution is -2.08. The molecule has 0 radical (unpaired) electrons. The van der Waals surface area contributed by atoms with Crippen molar-refractivity contribution in [2.45, 2.75) is 33.0 Å². The Bertz CT molecular complexity index is 1020. The van der Waals surface area contributed by atoms with Crippen LogP contribution < -0.4 is 4.74 Å². The molecule has 0 saturated carbocycles. The SMILES string of the molecule is CC(C)n1nccc1-c1ncccc1COc1ccc2c(c1C=O)CN=C2. The first-order valence-electron chi connectivity index (χ1n) is 8.90. The maximum Gasteiger partial charge on any atom is 0.154 e. The number of pyridine rings is 1. The summed E-state index contributed by atoms with van der Waals surface area (Å²) >= 11 is 0. The van der Waals surface area contributed by atoms with E-state index >= 15 is 0 Å². The van der Waals surface area contributed by atoms with Crippen molar-refractivity contribution in [3.8, 4) is 17.1 Å². The summed E-state index contributed by atoms with van der Waals surface area (Å²) in [6.07, 6.45) is 6.18. The molecule has 2 aromatic heterocycles. The molecule has 1 aliphatic rings. The van der Waals surface area contributed by atoms with E-state index in [1.807, 2.05) is 35.0 Å². The van der Waals surface area contributed by atoms with E-state index in [1.165, 1.54) is 0 Å². The quantitative estimate of drug-likeness (QED) is 0.626. The number of hydrogen-bond donors (Lipinski definition) is 0. The Labute approximate surface area is 157 Å². The van der Waals surface area contributed by atoms with Gasteiger partial charge in [0.15, 0.2) is 6.29 Å². The second-order valence-electron chi connectivity index (χ2n) is 6.69. The molecular weight excluding hydrogens is 340 g/mol. The Balaban J connectivity index is 1.64. The van der Waals surface area contributed by atoms with Gasteiger partial charge in [0.25, 0.3) is 0 Å². The van der Waals surface area contributed by atoms with Crippen molar-refractivity contribution in [2.75, 3.05) is 0 Å². The summed E-state index contributed by atoms with van der Waals surface area (Å²) in [7, 11) is 0. The van der Waals surface area contributed by atoms with Crippen molar-refractivity contribution in [1.82, 2.24) is 14.8 Å². The van der Waals surface area contributed by atoms with Crippen molar-refractivity contribution >= 4 is 12.5 Å². The Hall–Kier alpha value is -3.28. The second kappa shape index (κ2) is 7.15. The highest BCUT2D eigenvalue weighted by atomic mass is 16.5. The third-order valence-electron chi connectivity index (χ3n) is 4.63. The van der Waals surface area contributed by atoms with E-state index in [-0.39, 0.29) is 6.04 Å². The number of aldehydes is 1. The Morgan fingerprint density at radius 2 is 2.11 bits per heavy atom. The third-order valence-corrected chi connectivity index (χ3v) is 4.63. The molecule has 0 saturated heterocycles. The topological polar surface area (TPSA) is 69.4 Å². The van der Waals surface area contributed by atoms with Gasteiger partial charge in [-0.25, -0.2) is 0 Å². The number of nitrogens with zero attached hydrogens (tertiary/aromatic N) is 4. The van der Waals surface area contributed by atoms with E-state index in [1.54, 1.807) is 18.6 Å². The highest BCUT2D eigenvalue weighted by molar-refractivity contribution is 5.92. The van der Waals surface area contributed by atoms with Gasteiger partial charge in [-0.1, -0.05) is 6.07 Å². The largest absolute Gasteiger partial charge is 0.488 e. The van der Waals surface area contributed by atoms with Gasteiger partial charge >= 0.3 is 0 Å². The predicted octanol–water partition coefficient (Wildman–Crippen LogP) is 3.85. The van der Waals surface area contributed by atoms with Crippen LogP contribution in [0, 0.1) is 0 Å². The summed E-state index contributed by atoms with van der Waals surface area (Å²) < 4.78 is 7.96. The minimum Gasteiger partial charge on any atom is -0.488 e. The van der Waals surface area contributed by atoms with Crippen molar-refractivity contribution in [3.05, 3.63) is 65.0 Å². The number of hydrogen-bond acceptors (Lipinski definition) is 5. The highest BCUT2D eigenvalue weighted by Crippen LogP contribution is 2.29.